The molecule has 4 rings (SSSR count). The molecule has 0 radical (unpaired) electrons. The summed E-state index contributed by atoms with van der Waals surface area (Å²) in [4.78, 5) is 12.1. The molecule has 4 aliphatic carbocycles. The Morgan fingerprint density at radius 1 is 1.03 bits per heavy atom. The van der Waals surface area contributed by atoms with E-state index in [1.165, 1.54) is 25.7 Å². The zero-order valence-corrected chi connectivity index (χ0v) is 21.0. The number of aliphatic hydroxyl groups excluding tert-OH is 2. The van der Waals surface area contributed by atoms with E-state index in [2.05, 4.69) is 27.7 Å². The molecule has 32 heavy (non-hydrogen) atoms. The standard InChI is InChI=1S/C28H48O4/c1-5-6-15-32-25(31)10-7-18(2)21-8-9-22-26-23(12-14-28(21,22)4)27(3)13-11-20(29)16-19(27)17-24(26)30/h18-24,26,29-30H,5-17H2,1-4H3. The Morgan fingerprint density at radius 3 is 2.50 bits per heavy atom. The van der Waals surface area contributed by atoms with E-state index >= 15 is 0 Å². The van der Waals surface area contributed by atoms with Gasteiger partial charge in [0.25, 0.3) is 0 Å². The molecule has 4 fully saturated rings. The second kappa shape index (κ2) is 9.56. The van der Waals surface area contributed by atoms with E-state index in [-0.39, 0.29) is 29.0 Å². The fourth-order valence-corrected chi connectivity index (χ4v) is 9.12. The van der Waals surface area contributed by atoms with Crippen LogP contribution in [0.4, 0.5) is 0 Å². The molecule has 0 aliphatic heterocycles. The van der Waals surface area contributed by atoms with Crippen molar-refractivity contribution >= 4 is 5.97 Å². The van der Waals surface area contributed by atoms with E-state index in [0.29, 0.717) is 48.5 Å². The zero-order valence-electron chi connectivity index (χ0n) is 21.0. The van der Waals surface area contributed by atoms with Crippen LogP contribution in [-0.2, 0) is 9.53 Å². The number of rotatable bonds is 7. The van der Waals surface area contributed by atoms with Gasteiger partial charge >= 0.3 is 5.97 Å². The highest BCUT2D eigenvalue weighted by atomic mass is 16.5. The number of esters is 1. The molecule has 0 amide bonds. The molecule has 0 aromatic carbocycles. The van der Waals surface area contributed by atoms with Crippen LogP contribution in [0.2, 0.25) is 0 Å². The van der Waals surface area contributed by atoms with Crippen LogP contribution in [0.25, 0.3) is 0 Å². The summed E-state index contributed by atoms with van der Waals surface area (Å²) >= 11 is 0. The summed E-state index contributed by atoms with van der Waals surface area (Å²) in [6.07, 6.45) is 11.9. The number of aliphatic hydroxyl groups is 2. The van der Waals surface area contributed by atoms with Crippen molar-refractivity contribution in [3.63, 3.8) is 0 Å². The first-order valence-corrected chi connectivity index (χ1v) is 13.7. The average molecular weight is 449 g/mol. The first-order chi connectivity index (χ1) is 15.2. The van der Waals surface area contributed by atoms with E-state index in [4.69, 9.17) is 4.74 Å². The van der Waals surface area contributed by atoms with Crippen LogP contribution >= 0.6 is 0 Å². The molecule has 10 unspecified atom stereocenters. The maximum absolute atomic E-state index is 12.1. The highest BCUT2D eigenvalue weighted by Gasteiger charge is 2.62. The quantitative estimate of drug-likeness (QED) is 0.385. The Kier molecular flexibility index (Phi) is 7.33. The number of carbonyl (C=O) groups is 1. The van der Waals surface area contributed by atoms with E-state index in [9.17, 15) is 15.0 Å². The van der Waals surface area contributed by atoms with E-state index in [1.54, 1.807) is 0 Å². The monoisotopic (exact) mass is 448 g/mol. The number of hydrogen-bond acceptors (Lipinski definition) is 4. The zero-order chi connectivity index (χ0) is 23.1. The third kappa shape index (κ3) is 4.28. The Labute approximate surface area is 195 Å². The molecule has 0 spiro atoms. The Bertz CT molecular complexity index is 664. The molecule has 10 atom stereocenters. The molecular formula is C28H48O4. The fourth-order valence-electron chi connectivity index (χ4n) is 9.12. The third-order valence-electron chi connectivity index (χ3n) is 11.0. The van der Waals surface area contributed by atoms with Crippen LogP contribution < -0.4 is 0 Å². The van der Waals surface area contributed by atoms with Crippen LogP contribution in [0, 0.1) is 46.3 Å². The minimum absolute atomic E-state index is 0.0325. The minimum atomic E-state index is -0.212. The van der Waals surface area contributed by atoms with Gasteiger partial charge in [0.2, 0.25) is 0 Å². The number of hydrogen-bond donors (Lipinski definition) is 2. The Morgan fingerprint density at radius 2 is 1.75 bits per heavy atom. The summed E-state index contributed by atoms with van der Waals surface area (Å²) in [5.41, 5.74) is 0.571. The summed E-state index contributed by atoms with van der Waals surface area (Å²) in [5, 5.41) is 21.6. The van der Waals surface area contributed by atoms with E-state index < -0.39 is 0 Å². The van der Waals surface area contributed by atoms with Gasteiger partial charge in [0.1, 0.15) is 0 Å². The first kappa shape index (κ1) is 24.5. The smallest absolute Gasteiger partial charge is 0.305 e. The molecule has 0 heterocycles. The summed E-state index contributed by atoms with van der Waals surface area (Å²) < 4.78 is 5.39. The van der Waals surface area contributed by atoms with Crippen LogP contribution in [0.3, 0.4) is 0 Å². The molecule has 4 heteroatoms. The van der Waals surface area contributed by atoms with Gasteiger partial charge in [0.05, 0.1) is 18.8 Å². The van der Waals surface area contributed by atoms with Crippen molar-refractivity contribution in [2.24, 2.45) is 46.3 Å². The number of carbonyl (C=O) groups excluding carboxylic acids is 1. The number of fused-ring (bicyclic) bond motifs is 5. The van der Waals surface area contributed by atoms with Gasteiger partial charge in [-0.25, -0.2) is 0 Å². The van der Waals surface area contributed by atoms with Gasteiger partial charge < -0.3 is 14.9 Å². The molecular weight excluding hydrogens is 400 g/mol. The Balaban J connectivity index is 1.42. The largest absolute Gasteiger partial charge is 0.466 e. The van der Waals surface area contributed by atoms with Crippen molar-refractivity contribution in [3.8, 4) is 0 Å². The van der Waals surface area contributed by atoms with E-state index in [0.717, 1.165) is 44.9 Å². The average Bonchev–Trinajstić information content (AvgIpc) is 3.11. The predicted octanol–water partition coefficient (Wildman–Crippen LogP) is 5.74. The van der Waals surface area contributed by atoms with Crippen LogP contribution in [-0.4, -0.2) is 35.0 Å². The van der Waals surface area contributed by atoms with Gasteiger partial charge in [0.15, 0.2) is 0 Å². The van der Waals surface area contributed by atoms with E-state index in [1.807, 2.05) is 0 Å². The van der Waals surface area contributed by atoms with Crippen molar-refractivity contribution in [1.29, 1.82) is 0 Å². The summed E-state index contributed by atoms with van der Waals surface area (Å²) in [6.45, 7) is 10.0. The van der Waals surface area contributed by atoms with Crippen molar-refractivity contribution < 1.29 is 19.7 Å². The highest BCUT2D eigenvalue weighted by Crippen LogP contribution is 2.68. The molecule has 4 aliphatic rings. The fraction of sp³-hybridized carbons (Fsp3) is 0.964. The first-order valence-electron chi connectivity index (χ1n) is 13.7. The van der Waals surface area contributed by atoms with Crippen LogP contribution in [0.1, 0.15) is 105 Å². The van der Waals surface area contributed by atoms with Gasteiger partial charge in [-0.15, -0.1) is 0 Å². The van der Waals surface area contributed by atoms with Crippen molar-refractivity contribution in [2.45, 2.75) is 117 Å². The molecule has 0 saturated heterocycles. The topological polar surface area (TPSA) is 66.8 Å². The minimum Gasteiger partial charge on any atom is -0.466 e. The SMILES string of the molecule is CCCCOC(=O)CCC(C)C1CCC2C3C(O)CC4CC(O)CCC4(C)C3CCC12C. The molecule has 0 aromatic rings. The molecule has 0 bridgehead atoms. The summed E-state index contributed by atoms with van der Waals surface area (Å²) in [5.74, 6) is 3.23. The van der Waals surface area contributed by atoms with Crippen molar-refractivity contribution in [3.05, 3.63) is 0 Å². The van der Waals surface area contributed by atoms with Gasteiger partial charge in [-0.05, 0) is 111 Å². The third-order valence-corrected chi connectivity index (χ3v) is 11.0. The number of unbranched alkanes of at least 4 members (excludes halogenated alkanes) is 1. The lowest BCUT2D eigenvalue weighted by Gasteiger charge is -2.62. The van der Waals surface area contributed by atoms with Crippen molar-refractivity contribution in [1.82, 2.24) is 0 Å². The second-order valence-corrected chi connectivity index (χ2v) is 12.5. The van der Waals surface area contributed by atoms with Gasteiger partial charge in [-0.2, -0.15) is 0 Å². The highest BCUT2D eigenvalue weighted by molar-refractivity contribution is 5.69. The Hall–Kier alpha value is -0.610. The van der Waals surface area contributed by atoms with Crippen LogP contribution in [0.15, 0.2) is 0 Å². The molecule has 4 saturated carbocycles. The molecule has 4 nitrogen and oxygen atoms in total. The summed E-state index contributed by atoms with van der Waals surface area (Å²) in [7, 11) is 0. The maximum Gasteiger partial charge on any atom is 0.305 e. The predicted molar refractivity (Wildman–Crippen MR) is 127 cm³/mol. The lowest BCUT2D eigenvalue weighted by molar-refractivity contribution is -0.174. The lowest BCUT2D eigenvalue weighted by Crippen LogP contribution is -2.58. The maximum atomic E-state index is 12.1. The second-order valence-electron chi connectivity index (χ2n) is 12.5. The molecule has 2 N–H and O–H groups in total. The number of ether oxygens (including phenoxy) is 1. The van der Waals surface area contributed by atoms with Crippen molar-refractivity contribution in [2.75, 3.05) is 6.61 Å². The van der Waals surface area contributed by atoms with Crippen LogP contribution in [0.5, 0.6) is 0 Å². The molecule has 0 aromatic heterocycles. The summed E-state index contributed by atoms with van der Waals surface area (Å²) in [6, 6.07) is 0. The lowest BCUT2D eigenvalue weighted by atomic mass is 9.43. The van der Waals surface area contributed by atoms with Gasteiger partial charge in [0, 0.05) is 6.42 Å². The van der Waals surface area contributed by atoms with Gasteiger partial charge in [-0.3, -0.25) is 4.79 Å². The van der Waals surface area contributed by atoms with Gasteiger partial charge in [-0.1, -0.05) is 34.1 Å². The molecule has 184 valence electrons. The normalized spacial score (nSPS) is 46.6.